The highest BCUT2D eigenvalue weighted by Gasteiger charge is 2.14. The number of benzene rings is 1. The van der Waals surface area contributed by atoms with Crippen LogP contribution in [0.2, 0.25) is 0 Å². The molecule has 0 aliphatic rings. The second-order valence-corrected chi connectivity index (χ2v) is 4.08. The number of anilines is 1. The molecule has 4 heteroatoms. The molecule has 2 N–H and O–H groups in total. The van der Waals surface area contributed by atoms with Crippen LogP contribution in [0.1, 0.15) is 13.3 Å². The summed E-state index contributed by atoms with van der Waals surface area (Å²) in [6, 6.07) is 11.0. The molecule has 18 heavy (non-hydrogen) atoms. The van der Waals surface area contributed by atoms with Crippen molar-refractivity contribution >= 4 is 11.7 Å². The van der Waals surface area contributed by atoms with Gasteiger partial charge in [0, 0.05) is 23.8 Å². The fourth-order valence-electron chi connectivity index (χ4n) is 1.80. The molecule has 2 rings (SSSR count). The third-order valence-electron chi connectivity index (χ3n) is 2.80. The quantitative estimate of drug-likeness (QED) is 0.850. The van der Waals surface area contributed by atoms with Crippen molar-refractivity contribution in [1.29, 1.82) is 0 Å². The number of rotatable bonds is 5. The van der Waals surface area contributed by atoms with Crippen LogP contribution < -0.4 is 5.32 Å². The van der Waals surface area contributed by atoms with E-state index in [2.05, 4.69) is 5.32 Å². The van der Waals surface area contributed by atoms with Crippen molar-refractivity contribution in [2.45, 2.75) is 19.4 Å². The third-order valence-corrected chi connectivity index (χ3v) is 2.80. The van der Waals surface area contributed by atoms with Gasteiger partial charge in [-0.15, -0.1) is 0 Å². The molecular weight excluding hydrogens is 228 g/mol. The van der Waals surface area contributed by atoms with E-state index in [0.29, 0.717) is 6.42 Å². The summed E-state index contributed by atoms with van der Waals surface area (Å²) in [6.07, 6.45) is 4.45. The van der Waals surface area contributed by atoms with Crippen LogP contribution in [0.25, 0.3) is 5.69 Å². The Morgan fingerprint density at radius 3 is 2.67 bits per heavy atom. The highest BCUT2D eigenvalue weighted by molar-refractivity contribution is 5.77. The molecule has 0 amide bonds. The van der Waals surface area contributed by atoms with Crippen LogP contribution in [-0.4, -0.2) is 21.7 Å². The molecule has 1 aromatic heterocycles. The first-order chi connectivity index (χ1) is 8.70. The van der Waals surface area contributed by atoms with Crippen molar-refractivity contribution < 1.29 is 9.90 Å². The normalized spacial score (nSPS) is 12.1. The fraction of sp³-hybridized carbons (Fsp3) is 0.214. The molecule has 2 aromatic rings. The van der Waals surface area contributed by atoms with E-state index in [1.54, 1.807) is 0 Å². The van der Waals surface area contributed by atoms with E-state index in [0.717, 1.165) is 11.4 Å². The van der Waals surface area contributed by atoms with Gasteiger partial charge in [0.05, 0.1) is 0 Å². The summed E-state index contributed by atoms with van der Waals surface area (Å²) in [5.41, 5.74) is 1.82. The van der Waals surface area contributed by atoms with Gasteiger partial charge in [0.2, 0.25) is 0 Å². The molecule has 1 heterocycles. The van der Waals surface area contributed by atoms with Crippen molar-refractivity contribution in [2.75, 3.05) is 5.32 Å². The number of carboxylic acid groups (broad SMARTS) is 1. The zero-order valence-corrected chi connectivity index (χ0v) is 10.2. The molecule has 94 valence electrons. The van der Waals surface area contributed by atoms with Gasteiger partial charge in [-0.05, 0) is 36.8 Å². The minimum atomic E-state index is -0.830. The second kappa shape index (κ2) is 5.40. The maximum atomic E-state index is 11.0. The summed E-state index contributed by atoms with van der Waals surface area (Å²) in [7, 11) is 0. The molecule has 0 fully saturated rings. The first kappa shape index (κ1) is 12.2. The SMILES string of the molecule is CCC(Nc1cccc(-n2cccc2)c1)C(=O)O. The Morgan fingerprint density at radius 1 is 1.33 bits per heavy atom. The Labute approximate surface area is 106 Å². The van der Waals surface area contributed by atoms with Crippen LogP contribution in [-0.2, 0) is 4.79 Å². The minimum absolute atomic E-state index is 0.545. The predicted octanol–water partition coefficient (Wildman–Crippen LogP) is 2.75. The van der Waals surface area contributed by atoms with Gasteiger partial charge < -0.3 is 15.0 Å². The van der Waals surface area contributed by atoms with E-state index in [9.17, 15) is 4.79 Å². The zero-order chi connectivity index (χ0) is 13.0. The molecule has 1 atom stereocenters. The van der Waals surface area contributed by atoms with E-state index in [1.165, 1.54) is 0 Å². The number of nitrogens with one attached hydrogen (secondary N) is 1. The molecule has 0 bridgehead atoms. The fourth-order valence-corrected chi connectivity index (χ4v) is 1.80. The lowest BCUT2D eigenvalue weighted by atomic mass is 10.2. The second-order valence-electron chi connectivity index (χ2n) is 4.08. The van der Waals surface area contributed by atoms with Crippen molar-refractivity contribution in [3.8, 4) is 5.69 Å². The molecule has 0 radical (unpaired) electrons. The lowest BCUT2D eigenvalue weighted by molar-refractivity contribution is -0.137. The number of carbonyl (C=O) groups is 1. The Hall–Kier alpha value is -2.23. The van der Waals surface area contributed by atoms with Gasteiger partial charge in [-0.1, -0.05) is 13.0 Å². The van der Waals surface area contributed by atoms with Crippen LogP contribution in [0.4, 0.5) is 5.69 Å². The number of hydrogen-bond donors (Lipinski definition) is 2. The summed E-state index contributed by atoms with van der Waals surface area (Å²) in [6.45, 7) is 1.85. The zero-order valence-electron chi connectivity index (χ0n) is 10.2. The number of hydrogen-bond acceptors (Lipinski definition) is 2. The van der Waals surface area contributed by atoms with Crippen LogP contribution in [0.5, 0.6) is 0 Å². The number of carboxylic acids is 1. The molecular formula is C14H16N2O2. The third kappa shape index (κ3) is 2.71. The van der Waals surface area contributed by atoms with E-state index in [-0.39, 0.29) is 0 Å². The molecule has 0 spiro atoms. The van der Waals surface area contributed by atoms with Crippen LogP contribution in [0.3, 0.4) is 0 Å². The van der Waals surface area contributed by atoms with Gasteiger partial charge in [0.1, 0.15) is 6.04 Å². The highest BCUT2D eigenvalue weighted by atomic mass is 16.4. The molecule has 0 saturated heterocycles. The molecule has 1 unspecified atom stereocenters. The van der Waals surface area contributed by atoms with Crippen molar-refractivity contribution in [1.82, 2.24) is 4.57 Å². The standard InChI is InChI=1S/C14H16N2O2/c1-2-13(14(17)18)15-11-6-5-7-12(10-11)16-8-3-4-9-16/h3-10,13,15H,2H2,1H3,(H,17,18). The summed E-state index contributed by atoms with van der Waals surface area (Å²) >= 11 is 0. The Kier molecular flexibility index (Phi) is 3.67. The first-order valence-electron chi connectivity index (χ1n) is 5.93. The van der Waals surface area contributed by atoms with E-state index in [4.69, 9.17) is 5.11 Å². The van der Waals surface area contributed by atoms with Crippen molar-refractivity contribution in [2.24, 2.45) is 0 Å². The van der Waals surface area contributed by atoms with Gasteiger partial charge in [0.25, 0.3) is 0 Å². The molecule has 4 nitrogen and oxygen atoms in total. The van der Waals surface area contributed by atoms with Crippen LogP contribution in [0.15, 0.2) is 48.8 Å². The monoisotopic (exact) mass is 244 g/mol. The average Bonchev–Trinajstić information content (AvgIpc) is 2.90. The molecule has 0 aliphatic carbocycles. The summed E-state index contributed by atoms with van der Waals surface area (Å²) in [5, 5.41) is 12.0. The topological polar surface area (TPSA) is 54.3 Å². The van der Waals surface area contributed by atoms with Gasteiger partial charge in [0.15, 0.2) is 0 Å². The predicted molar refractivity (Wildman–Crippen MR) is 71.1 cm³/mol. The number of nitrogens with zero attached hydrogens (tertiary/aromatic N) is 1. The summed E-state index contributed by atoms with van der Waals surface area (Å²) in [5.74, 6) is -0.830. The van der Waals surface area contributed by atoms with Crippen LogP contribution >= 0.6 is 0 Å². The lowest BCUT2D eigenvalue weighted by Gasteiger charge is -2.14. The Morgan fingerprint density at radius 2 is 2.06 bits per heavy atom. The van der Waals surface area contributed by atoms with E-state index >= 15 is 0 Å². The maximum Gasteiger partial charge on any atom is 0.326 e. The summed E-state index contributed by atoms with van der Waals surface area (Å²) in [4.78, 5) is 11.0. The Bertz CT molecular complexity index is 520. The van der Waals surface area contributed by atoms with Gasteiger partial charge in [-0.25, -0.2) is 4.79 Å². The Balaban J connectivity index is 2.20. The van der Waals surface area contributed by atoms with Crippen molar-refractivity contribution in [3.05, 3.63) is 48.8 Å². The first-order valence-corrected chi connectivity index (χ1v) is 5.93. The molecule has 0 saturated carbocycles. The van der Waals surface area contributed by atoms with E-state index in [1.807, 2.05) is 60.3 Å². The van der Waals surface area contributed by atoms with Crippen LogP contribution in [0, 0.1) is 0 Å². The number of aliphatic carboxylic acids is 1. The molecule has 1 aromatic carbocycles. The maximum absolute atomic E-state index is 11.0. The van der Waals surface area contributed by atoms with Gasteiger partial charge in [-0.3, -0.25) is 0 Å². The lowest BCUT2D eigenvalue weighted by Crippen LogP contribution is -2.28. The molecule has 0 aliphatic heterocycles. The van der Waals surface area contributed by atoms with Gasteiger partial charge >= 0.3 is 5.97 Å². The van der Waals surface area contributed by atoms with Gasteiger partial charge in [-0.2, -0.15) is 0 Å². The highest BCUT2D eigenvalue weighted by Crippen LogP contribution is 2.16. The average molecular weight is 244 g/mol. The minimum Gasteiger partial charge on any atom is -0.480 e. The number of aromatic nitrogens is 1. The van der Waals surface area contributed by atoms with Crippen molar-refractivity contribution in [3.63, 3.8) is 0 Å². The summed E-state index contributed by atoms with van der Waals surface area (Å²) < 4.78 is 1.98. The van der Waals surface area contributed by atoms with E-state index < -0.39 is 12.0 Å². The largest absolute Gasteiger partial charge is 0.480 e. The smallest absolute Gasteiger partial charge is 0.326 e.